The maximum absolute atomic E-state index is 13.7. The number of benzene rings is 2. The minimum Gasteiger partial charge on any atom is -0.478 e. The molecule has 0 bridgehead atoms. The summed E-state index contributed by atoms with van der Waals surface area (Å²) in [7, 11) is 0. The van der Waals surface area contributed by atoms with Gasteiger partial charge in [0.1, 0.15) is 5.52 Å². The average Bonchev–Trinajstić information content (AvgIpc) is 3.27. The van der Waals surface area contributed by atoms with E-state index in [-0.39, 0.29) is 36.4 Å². The van der Waals surface area contributed by atoms with Gasteiger partial charge < -0.3 is 9.52 Å². The van der Waals surface area contributed by atoms with Crippen molar-refractivity contribution in [2.24, 2.45) is 0 Å². The molecule has 0 amide bonds. The summed E-state index contributed by atoms with van der Waals surface area (Å²) >= 11 is 7.04. The number of carboxylic acid groups (broad SMARTS) is 1. The molecule has 0 saturated carbocycles. The molecule has 2 aromatic carbocycles. The predicted octanol–water partition coefficient (Wildman–Crippen LogP) is 6.11. The number of rotatable bonds is 5. The van der Waals surface area contributed by atoms with Gasteiger partial charge in [0.05, 0.1) is 12.0 Å². The zero-order chi connectivity index (χ0) is 19.8. The van der Waals surface area contributed by atoms with E-state index in [9.17, 15) is 19.1 Å². The van der Waals surface area contributed by atoms with E-state index < -0.39 is 17.6 Å². The molecule has 0 spiro atoms. The minimum absolute atomic E-state index is 0. The van der Waals surface area contributed by atoms with Crippen molar-refractivity contribution in [3.8, 4) is 11.1 Å². The number of halogens is 2. The van der Waals surface area contributed by atoms with Crippen LogP contribution in [0.15, 0.2) is 52.3 Å². The van der Waals surface area contributed by atoms with Crippen LogP contribution in [0.3, 0.4) is 0 Å². The van der Waals surface area contributed by atoms with Gasteiger partial charge in [0.25, 0.3) is 5.89 Å². The number of carboxylic acids is 1. The molecule has 0 aliphatic carbocycles. The number of ketones is 1. The minimum atomic E-state index is -1.14. The van der Waals surface area contributed by atoms with Crippen LogP contribution in [-0.2, 0) is 6.42 Å². The summed E-state index contributed by atoms with van der Waals surface area (Å²) < 4.78 is 19.0. The molecule has 2 heterocycles. The quantitative estimate of drug-likeness (QED) is 0.385. The van der Waals surface area contributed by atoms with Gasteiger partial charge in [-0.3, -0.25) is 4.79 Å². The van der Waals surface area contributed by atoms with Crippen molar-refractivity contribution in [1.29, 1.82) is 0 Å². The van der Waals surface area contributed by atoms with Gasteiger partial charge in [0, 0.05) is 15.5 Å². The van der Waals surface area contributed by atoms with E-state index >= 15 is 0 Å². The number of Topliss-reactive ketones (excluding diaryl/α,β-unsaturated/α-hetero) is 1. The maximum Gasteiger partial charge on any atom is 0.337 e. The smallest absolute Gasteiger partial charge is 0.337 e. The molecule has 0 unspecified atom stereocenters. The standard InChI is InChI=1S/C20H11ClFNO4S.CH4/c21-11-6-4-10(5-7-11)12-9-28-16(17(12)20(25)26)8-15(24)19-23-14-3-1-2-13(22)18(14)27-19;/h1-7,9H,8H2,(H,25,26);1H4. The predicted molar refractivity (Wildman–Crippen MR) is 110 cm³/mol. The molecule has 0 fully saturated rings. The molecule has 2 aromatic heterocycles. The lowest BCUT2D eigenvalue weighted by molar-refractivity contribution is 0.0697. The molecule has 8 heteroatoms. The summed E-state index contributed by atoms with van der Waals surface area (Å²) in [5.41, 5.74) is 1.36. The fourth-order valence-electron chi connectivity index (χ4n) is 2.86. The van der Waals surface area contributed by atoms with Crippen molar-refractivity contribution >= 4 is 45.8 Å². The number of para-hydroxylation sites is 1. The van der Waals surface area contributed by atoms with E-state index in [1.54, 1.807) is 29.6 Å². The molecule has 0 radical (unpaired) electrons. The normalized spacial score (nSPS) is 10.7. The topological polar surface area (TPSA) is 80.4 Å². The molecule has 5 nitrogen and oxygen atoms in total. The fraction of sp³-hybridized carbons (Fsp3) is 0.0952. The van der Waals surface area contributed by atoms with Crippen LogP contribution in [-0.4, -0.2) is 21.8 Å². The molecule has 0 atom stereocenters. The highest BCUT2D eigenvalue weighted by molar-refractivity contribution is 7.11. The molecule has 0 aliphatic rings. The average molecular weight is 432 g/mol. The number of fused-ring (bicyclic) bond motifs is 1. The number of thiophene rings is 1. The van der Waals surface area contributed by atoms with Crippen molar-refractivity contribution in [2.75, 3.05) is 0 Å². The molecule has 1 N–H and O–H groups in total. The number of carbonyl (C=O) groups excluding carboxylic acids is 1. The molecule has 0 saturated heterocycles. The highest BCUT2D eigenvalue weighted by Crippen LogP contribution is 2.33. The second kappa shape index (κ2) is 8.14. The van der Waals surface area contributed by atoms with Crippen molar-refractivity contribution in [3.63, 3.8) is 0 Å². The van der Waals surface area contributed by atoms with Crippen LogP contribution in [0.2, 0.25) is 5.02 Å². The van der Waals surface area contributed by atoms with Gasteiger partial charge in [-0.15, -0.1) is 11.3 Å². The first-order chi connectivity index (χ1) is 13.4. The van der Waals surface area contributed by atoms with Gasteiger partial charge in [-0.25, -0.2) is 14.2 Å². The molecule has 29 heavy (non-hydrogen) atoms. The number of carbonyl (C=O) groups is 2. The first-order valence-electron chi connectivity index (χ1n) is 8.12. The number of aromatic nitrogens is 1. The number of hydrogen-bond donors (Lipinski definition) is 1. The molecule has 0 aliphatic heterocycles. The highest BCUT2D eigenvalue weighted by atomic mass is 35.5. The molecule has 148 valence electrons. The molecule has 4 aromatic rings. The summed E-state index contributed by atoms with van der Waals surface area (Å²) in [5.74, 6) is -2.53. The van der Waals surface area contributed by atoms with Crippen molar-refractivity contribution in [1.82, 2.24) is 4.98 Å². The second-order valence-corrected chi connectivity index (χ2v) is 7.37. The zero-order valence-electron chi connectivity index (χ0n) is 14.1. The number of oxazole rings is 1. The van der Waals surface area contributed by atoms with E-state index in [1.807, 2.05) is 0 Å². The van der Waals surface area contributed by atoms with Gasteiger partial charge in [0.15, 0.2) is 11.4 Å². The first-order valence-corrected chi connectivity index (χ1v) is 9.37. The second-order valence-electron chi connectivity index (χ2n) is 5.97. The van der Waals surface area contributed by atoms with Crippen LogP contribution in [0.5, 0.6) is 0 Å². The summed E-state index contributed by atoms with van der Waals surface area (Å²) in [6.07, 6.45) is -0.214. The van der Waals surface area contributed by atoms with Crippen LogP contribution in [0, 0.1) is 5.82 Å². The van der Waals surface area contributed by atoms with Crippen LogP contribution in [0.25, 0.3) is 22.2 Å². The van der Waals surface area contributed by atoms with Crippen molar-refractivity contribution < 1.29 is 23.5 Å². The zero-order valence-corrected chi connectivity index (χ0v) is 15.7. The van der Waals surface area contributed by atoms with E-state index in [2.05, 4.69) is 4.98 Å². The van der Waals surface area contributed by atoms with Crippen LogP contribution in [0.4, 0.5) is 4.39 Å². The third kappa shape index (κ3) is 3.92. The van der Waals surface area contributed by atoms with Gasteiger partial charge in [-0.2, -0.15) is 0 Å². The van der Waals surface area contributed by atoms with E-state index in [4.69, 9.17) is 16.0 Å². The Morgan fingerprint density at radius 2 is 1.90 bits per heavy atom. The van der Waals surface area contributed by atoms with Gasteiger partial charge >= 0.3 is 5.97 Å². The lowest BCUT2D eigenvalue weighted by Gasteiger charge is -2.03. The Labute approximate surface area is 174 Å². The SMILES string of the molecule is C.O=C(Cc1scc(-c2ccc(Cl)cc2)c1C(=O)O)c1nc2cccc(F)c2o1. The molecular weight excluding hydrogens is 417 g/mol. The summed E-state index contributed by atoms with van der Waals surface area (Å²) in [6.45, 7) is 0. The fourth-order valence-corrected chi connectivity index (χ4v) is 4.03. The Morgan fingerprint density at radius 3 is 2.55 bits per heavy atom. The summed E-state index contributed by atoms with van der Waals surface area (Å²) in [6, 6.07) is 11.0. The first kappa shape index (κ1) is 20.7. The molecular formula is C21H15ClFNO4S. The van der Waals surface area contributed by atoms with Gasteiger partial charge in [-0.05, 0) is 35.2 Å². The van der Waals surface area contributed by atoms with Crippen molar-refractivity contribution in [2.45, 2.75) is 13.8 Å². The van der Waals surface area contributed by atoms with E-state index in [0.717, 1.165) is 11.3 Å². The third-order valence-corrected chi connectivity index (χ3v) is 5.40. The Bertz CT molecular complexity index is 1210. The number of aromatic carboxylic acids is 1. The summed E-state index contributed by atoms with van der Waals surface area (Å²) in [4.78, 5) is 28.8. The molecule has 4 rings (SSSR count). The Balaban J connectivity index is 0.00000240. The Hall–Kier alpha value is -3.03. The lowest BCUT2D eigenvalue weighted by atomic mass is 10.0. The monoisotopic (exact) mass is 431 g/mol. The van der Waals surface area contributed by atoms with E-state index in [1.165, 1.54) is 18.2 Å². The number of nitrogens with zero attached hydrogens (tertiary/aromatic N) is 1. The highest BCUT2D eigenvalue weighted by Gasteiger charge is 2.24. The van der Waals surface area contributed by atoms with E-state index in [0.29, 0.717) is 21.0 Å². The van der Waals surface area contributed by atoms with Crippen LogP contribution < -0.4 is 0 Å². The summed E-state index contributed by atoms with van der Waals surface area (Å²) in [5, 5.41) is 11.9. The maximum atomic E-state index is 13.7. The Morgan fingerprint density at radius 1 is 1.17 bits per heavy atom. The third-order valence-electron chi connectivity index (χ3n) is 4.16. The van der Waals surface area contributed by atoms with Crippen molar-refractivity contribution in [3.05, 3.63) is 75.0 Å². The van der Waals surface area contributed by atoms with Gasteiger partial charge in [0.2, 0.25) is 5.78 Å². The number of hydrogen-bond acceptors (Lipinski definition) is 5. The van der Waals surface area contributed by atoms with Gasteiger partial charge in [-0.1, -0.05) is 37.2 Å². The Kier molecular flexibility index (Phi) is 5.81. The largest absolute Gasteiger partial charge is 0.478 e. The van der Waals surface area contributed by atoms with Crippen LogP contribution in [0.1, 0.15) is 33.3 Å². The lowest BCUT2D eigenvalue weighted by Crippen LogP contribution is -2.07. The van der Waals surface area contributed by atoms with Crippen LogP contribution >= 0.6 is 22.9 Å².